The van der Waals surface area contributed by atoms with Crippen molar-refractivity contribution in [3.63, 3.8) is 0 Å². The third kappa shape index (κ3) is 3.72. The van der Waals surface area contributed by atoms with Crippen molar-refractivity contribution < 1.29 is 14.7 Å². The topological polar surface area (TPSA) is 78.7 Å². The SMILES string of the molecule is CN(C)CCCN1C(=O)C(=O)C(=C(O)c2cn(C)c3ccccc23)[C@@H]1c1ccncc1. The summed E-state index contributed by atoms with van der Waals surface area (Å²) in [7, 11) is 5.82. The molecular formula is C24H26N4O3. The summed E-state index contributed by atoms with van der Waals surface area (Å²) in [5.41, 5.74) is 2.35. The van der Waals surface area contributed by atoms with Gasteiger partial charge in [0.25, 0.3) is 11.7 Å². The second kappa shape index (κ2) is 8.35. The molecule has 0 bridgehead atoms. The van der Waals surface area contributed by atoms with E-state index in [1.54, 1.807) is 35.6 Å². The summed E-state index contributed by atoms with van der Waals surface area (Å²) in [6.45, 7) is 1.21. The second-order valence-corrected chi connectivity index (χ2v) is 8.10. The van der Waals surface area contributed by atoms with Gasteiger partial charge in [-0.2, -0.15) is 0 Å². The Morgan fingerprint density at radius 3 is 2.55 bits per heavy atom. The van der Waals surface area contributed by atoms with Crippen LogP contribution >= 0.6 is 0 Å². The molecule has 1 fully saturated rings. The Kier molecular flexibility index (Phi) is 5.61. The number of benzene rings is 1. The summed E-state index contributed by atoms with van der Waals surface area (Å²) in [5.74, 6) is -1.38. The molecule has 1 N–H and O–H groups in total. The van der Waals surface area contributed by atoms with Gasteiger partial charge in [0.05, 0.1) is 11.6 Å². The van der Waals surface area contributed by atoms with Gasteiger partial charge >= 0.3 is 0 Å². The number of aryl methyl sites for hydroxylation is 1. The van der Waals surface area contributed by atoms with Crippen molar-refractivity contribution in [2.45, 2.75) is 12.5 Å². The summed E-state index contributed by atoms with van der Waals surface area (Å²) in [6.07, 6.45) is 5.78. The van der Waals surface area contributed by atoms with Crippen molar-refractivity contribution in [1.82, 2.24) is 19.4 Å². The summed E-state index contributed by atoms with van der Waals surface area (Å²) < 4.78 is 1.90. The molecule has 4 rings (SSSR count). The Morgan fingerprint density at radius 1 is 1.13 bits per heavy atom. The van der Waals surface area contributed by atoms with E-state index >= 15 is 0 Å². The fraction of sp³-hybridized carbons (Fsp3) is 0.292. The lowest BCUT2D eigenvalue weighted by Crippen LogP contribution is -2.32. The Morgan fingerprint density at radius 2 is 1.84 bits per heavy atom. The van der Waals surface area contributed by atoms with Crippen molar-refractivity contribution >= 4 is 28.4 Å². The number of aromatic nitrogens is 2. The van der Waals surface area contributed by atoms with Crippen LogP contribution < -0.4 is 0 Å². The zero-order valence-corrected chi connectivity index (χ0v) is 17.9. The quantitative estimate of drug-likeness (QED) is 0.378. The summed E-state index contributed by atoms with van der Waals surface area (Å²) in [5, 5.41) is 12.2. The maximum Gasteiger partial charge on any atom is 0.295 e. The lowest BCUT2D eigenvalue weighted by Gasteiger charge is -2.25. The Hall–Kier alpha value is -3.45. The molecule has 3 aromatic rings. The van der Waals surface area contributed by atoms with Crippen LogP contribution in [-0.4, -0.2) is 63.3 Å². The first kappa shape index (κ1) is 20.8. The van der Waals surface area contributed by atoms with Gasteiger partial charge < -0.3 is 19.5 Å². The van der Waals surface area contributed by atoms with Crippen LogP contribution in [0.4, 0.5) is 0 Å². The molecule has 1 aromatic carbocycles. The Bertz CT molecular complexity index is 1160. The number of Topliss-reactive ketones (excluding diaryl/α,β-unsaturated/α-hetero) is 1. The Balaban J connectivity index is 1.85. The number of hydrogen-bond donors (Lipinski definition) is 1. The van der Waals surface area contributed by atoms with Crippen LogP contribution in [0.15, 0.2) is 60.6 Å². The molecule has 160 valence electrons. The number of rotatable bonds is 6. The molecule has 1 aliphatic heterocycles. The number of ketones is 1. The third-order valence-corrected chi connectivity index (χ3v) is 5.72. The minimum absolute atomic E-state index is 0.123. The van der Waals surface area contributed by atoms with E-state index < -0.39 is 17.7 Å². The largest absolute Gasteiger partial charge is 0.507 e. The molecular weight excluding hydrogens is 392 g/mol. The van der Waals surface area contributed by atoms with E-state index in [1.807, 2.05) is 54.9 Å². The molecule has 2 aromatic heterocycles. The van der Waals surface area contributed by atoms with Gasteiger partial charge in [0.1, 0.15) is 5.76 Å². The number of carbonyl (C=O) groups excluding carboxylic acids is 2. The fourth-order valence-corrected chi connectivity index (χ4v) is 4.24. The molecule has 3 heterocycles. The van der Waals surface area contributed by atoms with Gasteiger partial charge in [-0.25, -0.2) is 0 Å². The molecule has 7 heteroatoms. The van der Waals surface area contributed by atoms with Crippen LogP contribution in [0.1, 0.15) is 23.6 Å². The second-order valence-electron chi connectivity index (χ2n) is 8.10. The van der Waals surface area contributed by atoms with Crippen LogP contribution in [0.3, 0.4) is 0 Å². The van der Waals surface area contributed by atoms with E-state index in [0.717, 1.165) is 29.4 Å². The number of carbonyl (C=O) groups is 2. The van der Waals surface area contributed by atoms with E-state index in [9.17, 15) is 14.7 Å². The maximum atomic E-state index is 13.1. The van der Waals surface area contributed by atoms with E-state index in [0.29, 0.717) is 12.1 Å². The van der Waals surface area contributed by atoms with E-state index in [1.165, 1.54) is 0 Å². The van der Waals surface area contributed by atoms with Crippen LogP contribution in [0.5, 0.6) is 0 Å². The summed E-state index contributed by atoms with van der Waals surface area (Å²) in [6, 6.07) is 10.6. The van der Waals surface area contributed by atoms with Gasteiger partial charge in [-0.3, -0.25) is 14.6 Å². The van der Waals surface area contributed by atoms with Gasteiger partial charge in [-0.05, 0) is 50.8 Å². The highest BCUT2D eigenvalue weighted by Crippen LogP contribution is 2.40. The molecule has 1 aliphatic rings. The smallest absolute Gasteiger partial charge is 0.295 e. The molecule has 0 unspecified atom stereocenters. The molecule has 0 aliphatic carbocycles. The highest BCUT2D eigenvalue weighted by Gasteiger charge is 2.46. The highest BCUT2D eigenvalue weighted by molar-refractivity contribution is 6.46. The van der Waals surface area contributed by atoms with Gasteiger partial charge in [-0.15, -0.1) is 0 Å². The lowest BCUT2D eigenvalue weighted by molar-refractivity contribution is -0.139. The number of likely N-dealkylation sites (tertiary alicyclic amines) is 1. The number of pyridine rings is 1. The predicted molar refractivity (Wildman–Crippen MR) is 119 cm³/mol. The summed E-state index contributed by atoms with van der Waals surface area (Å²) in [4.78, 5) is 33.8. The van der Waals surface area contributed by atoms with E-state index in [4.69, 9.17) is 0 Å². The van der Waals surface area contributed by atoms with Crippen molar-refractivity contribution in [1.29, 1.82) is 0 Å². The zero-order valence-electron chi connectivity index (χ0n) is 17.9. The lowest BCUT2D eigenvalue weighted by atomic mass is 9.96. The average Bonchev–Trinajstić information content (AvgIpc) is 3.23. The number of amides is 1. The zero-order chi connectivity index (χ0) is 22.1. The van der Waals surface area contributed by atoms with Crippen LogP contribution in [0.2, 0.25) is 0 Å². The number of nitrogens with zero attached hydrogens (tertiary/aromatic N) is 4. The van der Waals surface area contributed by atoms with Gasteiger partial charge in [0.2, 0.25) is 0 Å². The number of fused-ring (bicyclic) bond motifs is 1. The molecule has 7 nitrogen and oxygen atoms in total. The number of aliphatic hydroxyl groups is 1. The fourth-order valence-electron chi connectivity index (χ4n) is 4.24. The van der Waals surface area contributed by atoms with Crippen molar-refractivity contribution in [3.8, 4) is 0 Å². The van der Waals surface area contributed by atoms with Crippen molar-refractivity contribution in [3.05, 3.63) is 71.7 Å². The Labute approximate surface area is 181 Å². The van der Waals surface area contributed by atoms with Crippen LogP contribution in [0, 0.1) is 0 Å². The number of hydrogen-bond acceptors (Lipinski definition) is 5. The normalized spacial score (nSPS) is 18.5. The minimum Gasteiger partial charge on any atom is -0.507 e. The average molecular weight is 418 g/mol. The minimum atomic E-state index is -0.655. The van der Waals surface area contributed by atoms with Crippen molar-refractivity contribution in [2.24, 2.45) is 7.05 Å². The van der Waals surface area contributed by atoms with Gasteiger partial charge in [0.15, 0.2) is 0 Å². The number of para-hydroxylation sites is 1. The molecule has 0 spiro atoms. The molecule has 31 heavy (non-hydrogen) atoms. The van der Waals surface area contributed by atoms with Crippen molar-refractivity contribution in [2.75, 3.05) is 27.2 Å². The predicted octanol–water partition coefficient (Wildman–Crippen LogP) is 2.95. The molecule has 0 radical (unpaired) electrons. The first-order chi connectivity index (χ1) is 14.9. The van der Waals surface area contributed by atoms with Gasteiger partial charge in [-0.1, -0.05) is 18.2 Å². The highest BCUT2D eigenvalue weighted by atomic mass is 16.3. The first-order valence-corrected chi connectivity index (χ1v) is 10.3. The van der Waals surface area contributed by atoms with Gasteiger partial charge in [0, 0.05) is 48.6 Å². The molecule has 1 amide bonds. The monoisotopic (exact) mass is 418 g/mol. The summed E-state index contributed by atoms with van der Waals surface area (Å²) >= 11 is 0. The maximum absolute atomic E-state index is 13.1. The first-order valence-electron chi connectivity index (χ1n) is 10.3. The van der Waals surface area contributed by atoms with Crippen LogP contribution in [0.25, 0.3) is 16.7 Å². The van der Waals surface area contributed by atoms with Crippen LogP contribution in [-0.2, 0) is 16.6 Å². The molecule has 1 atom stereocenters. The standard InChI is InChI=1S/C24H26N4O3/c1-26(2)13-6-14-28-21(16-9-11-25-12-10-16)20(23(30)24(28)31)22(29)18-15-27(3)19-8-5-4-7-17(18)19/h4-5,7-12,15,21,29H,6,13-14H2,1-3H3/t21-/m0/s1. The molecule has 0 saturated carbocycles. The van der Waals surface area contributed by atoms with E-state index in [-0.39, 0.29) is 11.3 Å². The number of aliphatic hydroxyl groups excluding tert-OH is 1. The third-order valence-electron chi connectivity index (χ3n) is 5.72. The van der Waals surface area contributed by atoms with E-state index in [2.05, 4.69) is 4.98 Å². The molecule has 1 saturated heterocycles.